The minimum Gasteiger partial charge on any atom is -0.450 e. The summed E-state index contributed by atoms with van der Waals surface area (Å²) in [6.07, 6.45) is 1.40. The molecule has 1 N–H and O–H groups in total. The van der Waals surface area contributed by atoms with Crippen molar-refractivity contribution in [1.82, 2.24) is 15.1 Å². The molecule has 1 heterocycles. The summed E-state index contributed by atoms with van der Waals surface area (Å²) in [6, 6.07) is 0.0629. The van der Waals surface area contributed by atoms with E-state index in [9.17, 15) is 14.4 Å². The maximum atomic E-state index is 12.0. The highest BCUT2D eigenvalue weighted by Gasteiger charge is 2.24. The number of carbonyl (C=O) groups is 3. The molecule has 1 rings (SSSR count). The Balaban J connectivity index is 2.28. The zero-order valence-electron chi connectivity index (χ0n) is 14.9. The second kappa shape index (κ2) is 10.9. The molecule has 1 fully saturated rings. The summed E-state index contributed by atoms with van der Waals surface area (Å²) in [5.74, 6) is -0.143. The Morgan fingerprint density at radius 3 is 2.42 bits per heavy atom. The number of ether oxygens (including phenoxy) is 2. The Labute approximate surface area is 143 Å². The van der Waals surface area contributed by atoms with Gasteiger partial charge in [0.1, 0.15) is 0 Å². The van der Waals surface area contributed by atoms with Gasteiger partial charge in [0.25, 0.3) is 0 Å². The lowest BCUT2D eigenvalue weighted by molar-refractivity contribution is -0.130. The first-order valence-electron chi connectivity index (χ1n) is 8.43. The van der Waals surface area contributed by atoms with E-state index in [0.717, 1.165) is 0 Å². The van der Waals surface area contributed by atoms with E-state index in [1.165, 1.54) is 6.92 Å². The molecule has 0 radical (unpaired) electrons. The van der Waals surface area contributed by atoms with E-state index >= 15 is 0 Å². The molecule has 0 atom stereocenters. The largest absolute Gasteiger partial charge is 0.450 e. The van der Waals surface area contributed by atoms with Gasteiger partial charge < -0.3 is 24.6 Å². The van der Waals surface area contributed by atoms with Crippen LogP contribution >= 0.6 is 0 Å². The second-order valence-electron chi connectivity index (χ2n) is 5.78. The predicted octanol–water partition coefficient (Wildman–Crippen LogP) is 0.609. The third-order valence-electron chi connectivity index (χ3n) is 4.01. The standard InChI is InChI=1S/C16H29N3O5/c1-4-24-16(22)19-8-5-14(6-9-19)17-15(21)7-10-18(13(2)20)11-12-23-3/h14H,4-12H2,1-3H3,(H,17,21). The van der Waals surface area contributed by atoms with Gasteiger partial charge in [0.15, 0.2) is 0 Å². The molecular weight excluding hydrogens is 314 g/mol. The van der Waals surface area contributed by atoms with Crippen LogP contribution in [-0.2, 0) is 19.1 Å². The molecule has 3 amide bonds. The number of nitrogens with one attached hydrogen (secondary N) is 1. The van der Waals surface area contributed by atoms with Crippen molar-refractivity contribution in [3.63, 3.8) is 0 Å². The molecule has 0 saturated carbocycles. The van der Waals surface area contributed by atoms with Crippen molar-refractivity contribution in [3.05, 3.63) is 0 Å². The van der Waals surface area contributed by atoms with Crippen molar-refractivity contribution in [1.29, 1.82) is 0 Å². The topological polar surface area (TPSA) is 88.2 Å². The average molecular weight is 343 g/mol. The third kappa shape index (κ3) is 7.16. The maximum absolute atomic E-state index is 12.0. The predicted molar refractivity (Wildman–Crippen MR) is 88.5 cm³/mol. The Bertz CT molecular complexity index is 422. The zero-order chi connectivity index (χ0) is 17.9. The number of methoxy groups -OCH3 is 1. The van der Waals surface area contributed by atoms with Crippen LogP contribution < -0.4 is 5.32 Å². The van der Waals surface area contributed by atoms with Gasteiger partial charge in [-0.2, -0.15) is 0 Å². The summed E-state index contributed by atoms with van der Waals surface area (Å²) in [5.41, 5.74) is 0. The highest BCUT2D eigenvalue weighted by Crippen LogP contribution is 2.11. The Kier molecular flexibility index (Phi) is 9.14. The normalized spacial score (nSPS) is 15.0. The lowest BCUT2D eigenvalue weighted by Crippen LogP contribution is -2.47. The van der Waals surface area contributed by atoms with Crippen LogP contribution in [0.3, 0.4) is 0 Å². The summed E-state index contributed by atoms with van der Waals surface area (Å²) in [4.78, 5) is 38.4. The van der Waals surface area contributed by atoms with Gasteiger partial charge in [-0.25, -0.2) is 4.79 Å². The number of carbonyl (C=O) groups excluding carboxylic acids is 3. The SMILES string of the molecule is CCOC(=O)N1CCC(NC(=O)CCN(CCOC)C(C)=O)CC1. The molecule has 8 nitrogen and oxygen atoms in total. The summed E-state index contributed by atoms with van der Waals surface area (Å²) in [5, 5.41) is 2.97. The molecule has 138 valence electrons. The third-order valence-corrected chi connectivity index (χ3v) is 4.01. The van der Waals surface area contributed by atoms with Gasteiger partial charge in [-0.1, -0.05) is 0 Å². The molecule has 1 aliphatic rings. The summed E-state index contributed by atoms with van der Waals surface area (Å²) in [7, 11) is 1.58. The van der Waals surface area contributed by atoms with Gasteiger partial charge in [-0.05, 0) is 19.8 Å². The Hall–Kier alpha value is -1.83. The number of amides is 3. The zero-order valence-corrected chi connectivity index (χ0v) is 14.9. The highest BCUT2D eigenvalue weighted by atomic mass is 16.6. The quantitative estimate of drug-likeness (QED) is 0.697. The maximum Gasteiger partial charge on any atom is 0.409 e. The van der Waals surface area contributed by atoms with Crippen molar-refractivity contribution in [2.45, 2.75) is 39.2 Å². The molecule has 0 bridgehead atoms. The van der Waals surface area contributed by atoms with E-state index in [1.807, 2.05) is 0 Å². The van der Waals surface area contributed by atoms with Gasteiger partial charge in [-0.15, -0.1) is 0 Å². The molecule has 0 spiro atoms. The van der Waals surface area contributed by atoms with Crippen LogP contribution in [0.2, 0.25) is 0 Å². The monoisotopic (exact) mass is 343 g/mol. The van der Waals surface area contributed by atoms with Crippen LogP contribution in [0.25, 0.3) is 0 Å². The van der Waals surface area contributed by atoms with E-state index in [0.29, 0.717) is 52.2 Å². The van der Waals surface area contributed by atoms with E-state index in [-0.39, 0.29) is 30.4 Å². The van der Waals surface area contributed by atoms with E-state index in [4.69, 9.17) is 9.47 Å². The first kappa shape index (κ1) is 20.2. The Morgan fingerprint density at radius 1 is 1.21 bits per heavy atom. The molecule has 24 heavy (non-hydrogen) atoms. The number of nitrogens with zero attached hydrogens (tertiary/aromatic N) is 2. The number of hydrogen-bond donors (Lipinski definition) is 1. The fourth-order valence-electron chi connectivity index (χ4n) is 2.59. The lowest BCUT2D eigenvalue weighted by atomic mass is 10.1. The van der Waals surface area contributed by atoms with Gasteiger partial charge in [0.2, 0.25) is 11.8 Å². The van der Waals surface area contributed by atoms with E-state index < -0.39 is 0 Å². The molecule has 1 saturated heterocycles. The van der Waals surface area contributed by atoms with Crippen LogP contribution in [0, 0.1) is 0 Å². The van der Waals surface area contributed by atoms with Crippen molar-refractivity contribution in [2.24, 2.45) is 0 Å². The highest BCUT2D eigenvalue weighted by molar-refractivity contribution is 5.78. The summed E-state index contributed by atoms with van der Waals surface area (Å²) >= 11 is 0. The summed E-state index contributed by atoms with van der Waals surface area (Å²) < 4.78 is 9.93. The second-order valence-corrected chi connectivity index (χ2v) is 5.78. The summed E-state index contributed by atoms with van der Waals surface area (Å²) in [6.45, 7) is 6.11. The lowest BCUT2D eigenvalue weighted by Gasteiger charge is -2.31. The van der Waals surface area contributed by atoms with Crippen LogP contribution in [0.5, 0.6) is 0 Å². The molecule has 0 aromatic heterocycles. The minimum absolute atomic E-state index is 0.0629. The molecular formula is C16H29N3O5. The van der Waals surface area contributed by atoms with Gasteiger partial charge >= 0.3 is 6.09 Å². The first-order chi connectivity index (χ1) is 11.5. The van der Waals surface area contributed by atoms with Crippen LogP contribution in [-0.4, -0.2) is 80.3 Å². The van der Waals surface area contributed by atoms with Gasteiger partial charge in [-0.3, -0.25) is 9.59 Å². The molecule has 0 aliphatic carbocycles. The average Bonchev–Trinajstić information content (AvgIpc) is 2.55. The number of rotatable bonds is 8. The van der Waals surface area contributed by atoms with Crippen LogP contribution in [0.4, 0.5) is 4.79 Å². The number of piperidine rings is 1. The van der Waals surface area contributed by atoms with Gasteiger partial charge in [0.05, 0.1) is 13.2 Å². The smallest absolute Gasteiger partial charge is 0.409 e. The molecule has 0 aromatic carbocycles. The van der Waals surface area contributed by atoms with Gasteiger partial charge in [0, 0.05) is 52.7 Å². The first-order valence-corrected chi connectivity index (χ1v) is 8.43. The van der Waals surface area contributed by atoms with Crippen molar-refractivity contribution in [3.8, 4) is 0 Å². The molecule has 0 unspecified atom stereocenters. The molecule has 1 aliphatic heterocycles. The van der Waals surface area contributed by atoms with Crippen molar-refractivity contribution >= 4 is 17.9 Å². The fraction of sp³-hybridized carbons (Fsp3) is 0.812. The van der Waals surface area contributed by atoms with Crippen molar-refractivity contribution in [2.75, 3.05) is 46.5 Å². The van der Waals surface area contributed by atoms with Crippen LogP contribution in [0.1, 0.15) is 33.1 Å². The Morgan fingerprint density at radius 2 is 1.88 bits per heavy atom. The van der Waals surface area contributed by atoms with Crippen molar-refractivity contribution < 1.29 is 23.9 Å². The van der Waals surface area contributed by atoms with E-state index in [1.54, 1.807) is 23.8 Å². The minimum atomic E-state index is -0.294. The number of likely N-dealkylation sites (tertiary alicyclic amines) is 1. The fourth-order valence-corrected chi connectivity index (χ4v) is 2.59. The number of hydrogen-bond acceptors (Lipinski definition) is 5. The molecule has 0 aromatic rings. The molecule has 8 heteroatoms. The van der Waals surface area contributed by atoms with Crippen LogP contribution in [0.15, 0.2) is 0 Å². The van der Waals surface area contributed by atoms with E-state index in [2.05, 4.69) is 5.32 Å².